The van der Waals surface area contributed by atoms with Crippen molar-refractivity contribution >= 4 is 39.5 Å². The molecule has 0 aliphatic rings. The van der Waals surface area contributed by atoms with E-state index in [4.69, 9.17) is 37.0 Å². The molecule has 17 nitrogen and oxygen atoms in total. The Morgan fingerprint density at radius 3 is 0.840 bits per heavy atom. The van der Waals surface area contributed by atoms with Crippen molar-refractivity contribution in [1.29, 1.82) is 0 Å². The molecular formula is C62H120O17P2. The van der Waals surface area contributed by atoms with Crippen LogP contribution in [-0.2, 0) is 65.4 Å². The van der Waals surface area contributed by atoms with Crippen molar-refractivity contribution in [2.75, 3.05) is 39.6 Å². The molecule has 0 saturated heterocycles. The van der Waals surface area contributed by atoms with Crippen LogP contribution in [0.3, 0.4) is 0 Å². The Labute approximate surface area is 492 Å². The lowest BCUT2D eigenvalue weighted by atomic mass is 10.0. The number of aliphatic hydroxyl groups excluding tert-OH is 1. The molecule has 81 heavy (non-hydrogen) atoms. The molecule has 0 bridgehead atoms. The molecule has 3 N–H and O–H groups in total. The van der Waals surface area contributed by atoms with Gasteiger partial charge in [0.2, 0.25) is 0 Å². The maximum Gasteiger partial charge on any atom is 0.472 e. The minimum atomic E-state index is -4.94. The van der Waals surface area contributed by atoms with E-state index >= 15 is 0 Å². The predicted octanol–water partition coefficient (Wildman–Crippen LogP) is 16.9. The molecule has 0 aromatic carbocycles. The zero-order valence-electron chi connectivity index (χ0n) is 52.1. The first-order valence-corrected chi connectivity index (χ1v) is 35.5. The van der Waals surface area contributed by atoms with Gasteiger partial charge < -0.3 is 33.8 Å². The summed E-state index contributed by atoms with van der Waals surface area (Å²) in [4.78, 5) is 71.9. The van der Waals surface area contributed by atoms with Gasteiger partial charge in [-0.3, -0.25) is 37.3 Å². The average molecular weight is 1200 g/mol. The zero-order chi connectivity index (χ0) is 60.1. The molecule has 0 rings (SSSR count). The van der Waals surface area contributed by atoms with Gasteiger partial charge >= 0.3 is 39.5 Å². The van der Waals surface area contributed by atoms with Crippen LogP contribution in [0.1, 0.15) is 305 Å². The van der Waals surface area contributed by atoms with Crippen molar-refractivity contribution in [1.82, 2.24) is 0 Å². The highest BCUT2D eigenvalue weighted by Gasteiger charge is 2.30. The number of aliphatic hydroxyl groups is 1. The smallest absolute Gasteiger partial charge is 0.462 e. The monoisotopic (exact) mass is 1200 g/mol. The number of phosphoric acid groups is 2. The number of hydrogen-bond donors (Lipinski definition) is 3. The maximum atomic E-state index is 12.9. The summed E-state index contributed by atoms with van der Waals surface area (Å²) in [5.41, 5.74) is 0. The lowest BCUT2D eigenvalue weighted by Gasteiger charge is -2.21. The first-order chi connectivity index (χ1) is 38.9. The Morgan fingerprint density at radius 2 is 0.568 bits per heavy atom. The van der Waals surface area contributed by atoms with Crippen molar-refractivity contribution in [3.8, 4) is 0 Å². The van der Waals surface area contributed by atoms with Crippen LogP contribution in [0, 0.1) is 11.8 Å². The van der Waals surface area contributed by atoms with E-state index in [9.17, 15) is 43.2 Å². The van der Waals surface area contributed by atoms with Crippen LogP contribution in [0.5, 0.6) is 0 Å². The molecule has 0 heterocycles. The van der Waals surface area contributed by atoms with Crippen LogP contribution in [0.2, 0.25) is 0 Å². The summed E-state index contributed by atoms with van der Waals surface area (Å²) in [6, 6.07) is 0. The lowest BCUT2D eigenvalue weighted by Crippen LogP contribution is -2.30. The molecule has 0 saturated carbocycles. The first-order valence-electron chi connectivity index (χ1n) is 32.5. The van der Waals surface area contributed by atoms with Crippen LogP contribution in [0.4, 0.5) is 0 Å². The third-order valence-electron chi connectivity index (χ3n) is 14.2. The normalized spacial score (nSPS) is 14.4. The fourth-order valence-electron chi connectivity index (χ4n) is 9.18. The van der Waals surface area contributed by atoms with Gasteiger partial charge in [-0.05, 0) is 37.5 Å². The average Bonchev–Trinajstić information content (AvgIpc) is 3.42. The second kappa shape index (κ2) is 54.7. The molecule has 480 valence electrons. The van der Waals surface area contributed by atoms with E-state index in [1.165, 1.54) is 116 Å². The Morgan fingerprint density at radius 1 is 0.333 bits per heavy atom. The SMILES string of the molecule is CCCCCCCCCCCCC(=O)O[C@H](COC(=O)CCCCCCC)COP(=O)(O)OC[C@H](O)COP(=O)(O)OC[C@@H](COC(=O)CCCCCCCCCCC(C)C)OC(=O)CCCCCCCCCCCCCCC(C)C. The Bertz CT molecular complexity index is 1600. The van der Waals surface area contributed by atoms with E-state index in [1.807, 2.05) is 0 Å². The van der Waals surface area contributed by atoms with Crippen LogP contribution in [-0.4, -0.2) is 96.7 Å². The predicted molar refractivity (Wildman–Crippen MR) is 321 cm³/mol. The molecule has 2 unspecified atom stereocenters. The van der Waals surface area contributed by atoms with Crippen molar-refractivity contribution in [2.45, 2.75) is 323 Å². The minimum absolute atomic E-state index is 0.105. The van der Waals surface area contributed by atoms with E-state index < -0.39 is 97.5 Å². The standard InChI is InChI=1S/C62H120O17P2/c1-7-9-11-13-14-15-21-28-34-40-46-61(66)78-57(50-72-59(64)44-38-30-12-10-8-2)52-76-80(68,69)74-48-56(63)49-75-81(70,71)77-53-58(51-73-60(65)45-39-33-27-24-23-26-32-37-43-55(5)6)79-62(67)47-41-35-29-22-19-17-16-18-20-25-31-36-42-54(3)4/h54-58,63H,7-53H2,1-6H3,(H,68,69)(H,70,71)/t56-,57+,58+/m0/s1. The third kappa shape index (κ3) is 56.9. The maximum absolute atomic E-state index is 12.9. The number of unbranched alkanes of at least 4 members (excludes halogenated alkanes) is 31. The number of phosphoric ester groups is 2. The number of carbonyl (C=O) groups excluding carboxylic acids is 4. The molecule has 0 amide bonds. The molecular weight excluding hydrogens is 1080 g/mol. The number of ether oxygens (including phenoxy) is 4. The molecule has 0 spiro atoms. The number of hydrogen-bond acceptors (Lipinski definition) is 15. The highest BCUT2D eigenvalue weighted by Crippen LogP contribution is 2.45. The van der Waals surface area contributed by atoms with Crippen LogP contribution < -0.4 is 0 Å². The van der Waals surface area contributed by atoms with Gasteiger partial charge in [-0.25, -0.2) is 9.13 Å². The summed E-state index contributed by atoms with van der Waals surface area (Å²) in [6.07, 6.45) is 36.5. The van der Waals surface area contributed by atoms with Gasteiger partial charge in [0.05, 0.1) is 26.4 Å². The number of esters is 4. The zero-order valence-corrected chi connectivity index (χ0v) is 53.9. The van der Waals surface area contributed by atoms with E-state index in [2.05, 4.69) is 41.5 Å². The summed E-state index contributed by atoms with van der Waals surface area (Å²) < 4.78 is 67.7. The lowest BCUT2D eigenvalue weighted by molar-refractivity contribution is -0.161. The fourth-order valence-corrected chi connectivity index (χ4v) is 10.8. The van der Waals surface area contributed by atoms with Crippen LogP contribution in [0.15, 0.2) is 0 Å². The van der Waals surface area contributed by atoms with Crippen molar-refractivity contribution in [2.24, 2.45) is 11.8 Å². The fraction of sp³-hybridized carbons (Fsp3) is 0.935. The van der Waals surface area contributed by atoms with Gasteiger partial charge in [-0.1, -0.05) is 253 Å². The number of rotatable bonds is 61. The Balaban J connectivity index is 5.17. The largest absolute Gasteiger partial charge is 0.472 e. The van der Waals surface area contributed by atoms with Gasteiger partial charge in [0.15, 0.2) is 12.2 Å². The topological polar surface area (TPSA) is 237 Å². The second-order valence-electron chi connectivity index (χ2n) is 23.4. The molecule has 5 atom stereocenters. The van der Waals surface area contributed by atoms with E-state index in [0.717, 1.165) is 108 Å². The molecule has 0 radical (unpaired) electrons. The quantitative estimate of drug-likeness (QED) is 0.0222. The van der Waals surface area contributed by atoms with E-state index in [-0.39, 0.29) is 25.7 Å². The summed E-state index contributed by atoms with van der Waals surface area (Å²) in [6.45, 7) is 9.36. The van der Waals surface area contributed by atoms with Gasteiger partial charge in [-0.2, -0.15) is 0 Å². The molecule has 19 heteroatoms. The molecule has 0 aromatic heterocycles. The summed E-state index contributed by atoms with van der Waals surface area (Å²) in [5, 5.41) is 10.5. The van der Waals surface area contributed by atoms with E-state index in [1.54, 1.807) is 0 Å². The van der Waals surface area contributed by atoms with Gasteiger partial charge in [0.1, 0.15) is 19.3 Å². The van der Waals surface area contributed by atoms with Crippen LogP contribution >= 0.6 is 15.6 Å². The molecule has 0 aromatic rings. The summed E-state index contributed by atoms with van der Waals surface area (Å²) >= 11 is 0. The van der Waals surface area contributed by atoms with Crippen molar-refractivity contribution < 1.29 is 80.2 Å². The molecule has 0 aliphatic carbocycles. The molecule has 0 fully saturated rings. The highest BCUT2D eigenvalue weighted by molar-refractivity contribution is 7.47. The van der Waals surface area contributed by atoms with Crippen LogP contribution in [0.25, 0.3) is 0 Å². The first kappa shape index (κ1) is 79.1. The highest BCUT2D eigenvalue weighted by atomic mass is 31.2. The summed E-state index contributed by atoms with van der Waals surface area (Å²) in [5.74, 6) is -0.645. The molecule has 0 aliphatic heterocycles. The van der Waals surface area contributed by atoms with E-state index in [0.29, 0.717) is 25.7 Å². The minimum Gasteiger partial charge on any atom is -0.462 e. The Hall–Kier alpha value is -1.94. The van der Waals surface area contributed by atoms with Gasteiger partial charge in [0.25, 0.3) is 0 Å². The van der Waals surface area contributed by atoms with Crippen molar-refractivity contribution in [3.63, 3.8) is 0 Å². The van der Waals surface area contributed by atoms with Gasteiger partial charge in [-0.15, -0.1) is 0 Å². The summed E-state index contributed by atoms with van der Waals surface area (Å²) in [7, 11) is -9.87. The second-order valence-corrected chi connectivity index (χ2v) is 26.3. The Kier molecular flexibility index (Phi) is 53.4. The number of carbonyl (C=O) groups is 4. The third-order valence-corrected chi connectivity index (χ3v) is 16.1. The van der Waals surface area contributed by atoms with Gasteiger partial charge in [0, 0.05) is 25.7 Å². The van der Waals surface area contributed by atoms with Crippen molar-refractivity contribution in [3.05, 3.63) is 0 Å².